The molecule has 2 aromatic carbocycles. The number of allylic oxidation sites excluding steroid dienone is 4. The minimum absolute atomic E-state index is 0. The maximum Gasteiger partial charge on any atom is -0.147 e. The summed E-state index contributed by atoms with van der Waals surface area (Å²) in [5.41, 5.74) is 10.2. The van der Waals surface area contributed by atoms with Crippen molar-refractivity contribution in [3.8, 4) is 0 Å². The number of halogens is 2. The summed E-state index contributed by atoms with van der Waals surface area (Å²) < 4.78 is 4.80. The van der Waals surface area contributed by atoms with Crippen molar-refractivity contribution in [1.29, 1.82) is 0 Å². The van der Waals surface area contributed by atoms with E-state index < -0.39 is 0 Å². The molecule has 0 saturated carbocycles. The first-order chi connectivity index (χ1) is 11.2. The molecule has 0 atom stereocenters. The van der Waals surface area contributed by atoms with E-state index in [2.05, 4.69) is 79.2 Å². The van der Waals surface area contributed by atoms with Crippen LogP contribution in [0.1, 0.15) is 38.3 Å². The molecule has 25 heavy (non-hydrogen) atoms. The molecule has 0 fully saturated rings. The van der Waals surface area contributed by atoms with Gasteiger partial charge in [-0.05, 0) is 0 Å². The number of hydrogen-bond donors (Lipinski definition) is 1. The van der Waals surface area contributed by atoms with Gasteiger partial charge in [0, 0.05) is 0 Å². The van der Waals surface area contributed by atoms with E-state index >= 15 is 0 Å². The van der Waals surface area contributed by atoms with Gasteiger partial charge in [-0.25, -0.2) is 0 Å². The molecule has 0 spiro atoms. The first-order valence-electron chi connectivity index (χ1n) is 8.15. The molecule has 0 radical (unpaired) electrons. The molecule has 0 aliphatic heterocycles. The fourth-order valence-corrected chi connectivity index (χ4v) is 4.60. The zero-order valence-corrected chi connectivity index (χ0v) is 18.1. The van der Waals surface area contributed by atoms with Crippen molar-refractivity contribution in [1.82, 2.24) is 0 Å². The van der Waals surface area contributed by atoms with E-state index in [0.717, 1.165) is 6.42 Å². The van der Waals surface area contributed by atoms with Crippen LogP contribution < -0.4 is 3.80 Å². The van der Waals surface area contributed by atoms with Crippen molar-refractivity contribution in [2.75, 3.05) is 3.80 Å². The zero-order chi connectivity index (χ0) is 16.2. The van der Waals surface area contributed by atoms with Gasteiger partial charge in [0.1, 0.15) is 0 Å². The Balaban J connectivity index is 0.00000156. The summed E-state index contributed by atoms with van der Waals surface area (Å²) in [6.45, 7) is 6.79. The monoisotopic (exact) mass is 409 g/mol. The predicted octanol–water partition coefficient (Wildman–Crippen LogP) is 6.65. The second kappa shape index (κ2) is 10.2. The number of hydrogen-bond acceptors (Lipinski definition) is 1. The summed E-state index contributed by atoms with van der Waals surface area (Å²) in [5.74, 6) is 0. The Morgan fingerprint density at radius 3 is 2.12 bits per heavy atom. The second-order valence-corrected chi connectivity index (χ2v) is 7.68. The minimum Gasteiger partial charge on any atom is -0.147 e. The topological polar surface area (TPSA) is 12.0 Å². The molecule has 1 aliphatic rings. The molecule has 0 amide bonds. The molecule has 0 aromatic heterocycles. The van der Waals surface area contributed by atoms with Crippen molar-refractivity contribution in [2.24, 2.45) is 0 Å². The van der Waals surface area contributed by atoms with E-state index in [1.54, 1.807) is 0 Å². The van der Waals surface area contributed by atoms with Crippen LogP contribution >= 0.6 is 24.8 Å². The standard InChI is InChI=1S/C15H17.C6H6N.2ClH.Ti/c1-10-7-5-6-8-14(10)15-9-11(2)12(3)13(15)4;7-6-4-2-1-3-5-6;;;/h5-8H,1,9H2,2-4H3;1-5,7H;2*1H;/q;-1;;;+1. The van der Waals surface area contributed by atoms with E-state index in [-0.39, 0.29) is 44.2 Å². The van der Waals surface area contributed by atoms with Gasteiger partial charge in [0.25, 0.3) is 0 Å². The van der Waals surface area contributed by atoms with E-state index in [4.69, 9.17) is 0 Å². The maximum absolute atomic E-state index is 3.64. The summed E-state index contributed by atoms with van der Waals surface area (Å²) in [5, 5.41) is 0. The van der Waals surface area contributed by atoms with Crippen molar-refractivity contribution in [2.45, 2.75) is 31.9 Å². The molecule has 0 bridgehead atoms. The van der Waals surface area contributed by atoms with Crippen LogP contribution in [-0.2, 0) is 24.1 Å². The molecule has 0 heterocycles. The van der Waals surface area contributed by atoms with Gasteiger partial charge in [0.2, 0.25) is 0 Å². The van der Waals surface area contributed by atoms with Crippen molar-refractivity contribution in [3.63, 3.8) is 0 Å². The summed E-state index contributed by atoms with van der Waals surface area (Å²) in [6.07, 6.45) is 1.11. The first kappa shape index (κ1) is 22.1. The Hall–Kier alpha value is -0.986. The number of para-hydroxylation sites is 1. The third-order valence-electron chi connectivity index (χ3n) is 4.73. The van der Waals surface area contributed by atoms with E-state index in [1.165, 1.54) is 43.8 Å². The van der Waals surface area contributed by atoms with E-state index in [1.807, 2.05) is 0 Å². The van der Waals surface area contributed by atoms with Gasteiger partial charge in [0.05, 0.1) is 0 Å². The van der Waals surface area contributed by atoms with E-state index in [0.29, 0.717) is 0 Å². The molecular formula is C21H25Cl2NTi. The van der Waals surface area contributed by atoms with Gasteiger partial charge in [0.15, 0.2) is 0 Å². The Bertz CT molecular complexity index is 766. The van der Waals surface area contributed by atoms with Crippen LogP contribution in [0, 0.1) is 0 Å². The molecule has 1 aliphatic carbocycles. The van der Waals surface area contributed by atoms with Crippen LogP contribution in [0.4, 0.5) is 5.69 Å². The molecule has 0 saturated heterocycles. The molecule has 0 unspecified atom stereocenters. The quantitative estimate of drug-likeness (QED) is 0.544. The van der Waals surface area contributed by atoms with Crippen LogP contribution in [0.3, 0.4) is 0 Å². The fraction of sp³-hybridized carbons (Fsp3) is 0.238. The summed E-state index contributed by atoms with van der Waals surface area (Å²) in [4.78, 5) is 0. The molecule has 4 heteroatoms. The van der Waals surface area contributed by atoms with Gasteiger partial charge >= 0.3 is 149 Å². The Labute approximate surface area is 173 Å². The third kappa shape index (κ3) is 5.25. The summed E-state index contributed by atoms with van der Waals surface area (Å²) >= 11 is -0.231. The van der Waals surface area contributed by atoms with Crippen LogP contribution in [0.15, 0.2) is 71.3 Å². The van der Waals surface area contributed by atoms with Crippen LogP contribution in [-0.4, -0.2) is 0 Å². The van der Waals surface area contributed by atoms with Crippen LogP contribution in [0.25, 0.3) is 5.57 Å². The average molecular weight is 410 g/mol. The number of benzene rings is 2. The van der Waals surface area contributed by atoms with Crippen LogP contribution in [0.2, 0.25) is 0 Å². The summed E-state index contributed by atoms with van der Waals surface area (Å²) in [7, 11) is 0. The molecule has 2 aromatic rings. The average Bonchev–Trinajstić information content (AvgIpc) is 2.84. The predicted molar refractivity (Wildman–Crippen MR) is 110 cm³/mol. The SMILES string of the molecule is CC1=C(C)C(C)=C(c2ccccc2[CH2][Ti][NH]c2ccccc2)C1.Cl.Cl. The second-order valence-electron chi connectivity index (χ2n) is 6.19. The molecule has 3 rings (SSSR count). The normalized spacial score (nSPS) is 13.2. The molecular weight excluding hydrogens is 385 g/mol. The first-order valence-corrected chi connectivity index (χ1v) is 10.0. The third-order valence-corrected chi connectivity index (χ3v) is 6.32. The van der Waals surface area contributed by atoms with E-state index in [9.17, 15) is 0 Å². The van der Waals surface area contributed by atoms with Gasteiger partial charge < -0.3 is 0 Å². The number of nitrogens with one attached hydrogen (secondary N) is 1. The fourth-order valence-electron chi connectivity index (χ4n) is 3.11. The molecule has 1 nitrogen and oxygen atoms in total. The largest absolute Gasteiger partial charge is 0.147 e. The van der Waals surface area contributed by atoms with Crippen molar-refractivity contribution in [3.05, 3.63) is 82.4 Å². The summed E-state index contributed by atoms with van der Waals surface area (Å²) in [6, 6.07) is 19.5. The van der Waals surface area contributed by atoms with Gasteiger partial charge in [-0.1, -0.05) is 0 Å². The zero-order valence-electron chi connectivity index (χ0n) is 14.9. The molecule has 132 valence electrons. The Kier molecular flexibility index (Phi) is 9.03. The number of rotatable bonds is 5. The van der Waals surface area contributed by atoms with Gasteiger partial charge in [-0.15, -0.1) is 24.8 Å². The smallest absolute Gasteiger partial charge is 0.147 e. The Morgan fingerprint density at radius 1 is 0.840 bits per heavy atom. The van der Waals surface area contributed by atoms with Crippen molar-refractivity contribution >= 4 is 36.1 Å². The number of anilines is 1. The van der Waals surface area contributed by atoms with Crippen molar-refractivity contribution < 1.29 is 19.4 Å². The maximum atomic E-state index is 3.64. The Morgan fingerprint density at radius 2 is 1.48 bits per heavy atom. The van der Waals surface area contributed by atoms with Crippen LogP contribution in [0.5, 0.6) is 0 Å². The minimum atomic E-state index is -0.231. The van der Waals surface area contributed by atoms with Gasteiger partial charge in [-0.3, -0.25) is 0 Å². The van der Waals surface area contributed by atoms with Gasteiger partial charge in [-0.2, -0.15) is 0 Å². The molecule has 1 N–H and O–H groups in total.